The number of hydrogen-bond donors (Lipinski definition) is 1. The molecule has 1 unspecified atom stereocenters. The molecule has 0 fully saturated rings. The van der Waals surface area contributed by atoms with Gasteiger partial charge in [0.1, 0.15) is 5.82 Å². The number of aryl methyl sites for hydroxylation is 1. The van der Waals surface area contributed by atoms with Crippen LogP contribution in [0.5, 0.6) is 0 Å². The molecule has 0 aliphatic carbocycles. The Morgan fingerprint density at radius 1 is 1.14 bits per heavy atom. The molecule has 0 radical (unpaired) electrons. The first-order valence-electron chi connectivity index (χ1n) is 7.99. The second kappa shape index (κ2) is 6.32. The third-order valence-electron chi connectivity index (χ3n) is 4.27. The van der Waals surface area contributed by atoms with Gasteiger partial charge in [0.2, 0.25) is 0 Å². The number of imidazole rings is 1. The maximum absolute atomic E-state index is 5.79. The maximum Gasteiger partial charge on any atom is 0.111 e. The Bertz CT molecular complexity index is 759. The molecule has 1 heterocycles. The van der Waals surface area contributed by atoms with Gasteiger partial charge in [-0.05, 0) is 43.1 Å². The molecule has 2 aromatic carbocycles. The van der Waals surface area contributed by atoms with Crippen molar-refractivity contribution in [3.63, 3.8) is 0 Å². The molecule has 3 heteroatoms. The lowest BCUT2D eigenvalue weighted by Gasteiger charge is -2.18. The van der Waals surface area contributed by atoms with E-state index in [1.807, 2.05) is 0 Å². The third-order valence-corrected chi connectivity index (χ3v) is 4.27. The van der Waals surface area contributed by atoms with Crippen molar-refractivity contribution in [2.45, 2.75) is 32.7 Å². The maximum atomic E-state index is 5.79. The fraction of sp³-hybridized carbons (Fsp3) is 0.316. The molecule has 0 saturated heterocycles. The summed E-state index contributed by atoms with van der Waals surface area (Å²) in [6, 6.07) is 17.4. The van der Waals surface area contributed by atoms with Crippen LogP contribution in [0.1, 0.15) is 36.8 Å². The summed E-state index contributed by atoms with van der Waals surface area (Å²) in [6.45, 7) is 5.02. The SMILES string of the molecule is CCc1ccc2c(c1)nc(CCN)n2C(C)c1ccccc1. The summed E-state index contributed by atoms with van der Waals surface area (Å²) >= 11 is 0. The van der Waals surface area contributed by atoms with Crippen LogP contribution < -0.4 is 5.73 Å². The Labute approximate surface area is 131 Å². The number of fused-ring (bicyclic) bond motifs is 1. The summed E-state index contributed by atoms with van der Waals surface area (Å²) in [5.74, 6) is 1.07. The minimum atomic E-state index is 0.250. The Balaban J connectivity index is 2.15. The number of rotatable bonds is 5. The third kappa shape index (κ3) is 2.64. The van der Waals surface area contributed by atoms with Gasteiger partial charge in [0, 0.05) is 6.42 Å². The Morgan fingerprint density at radius 2 is 1.91 bits per heavy atom. The molecular formula is C19H23N3. The Hall–Kier alpha value is -2.13. The van der Waals surface area contributed by atoms with E-state index in [9.17, 15) is 0 Å². The van der Waals surface area contributed by atoms with Crippen molar-refractivity contribution < 1.29 is 0 Å². The van der Waals surface area contributed by atoms with Gasteiger partial charge in [-0.3, -0.25) is 0 Å². The predicted octanol–water partition coefficient (Wildman–Crippen LogP) is 3.71. The largest absolute Gasteiger partial charge is 0.330 e. The standard InChI is InChI=1S/C19H23N3/c1-3-15-9-10-18-17(13-15)21-19(11-12-20)22(18)14(2)16-7-5-4-6-8-16/h4-10,13-14H,3,11-12,20H2,1-2H3. The summed E-state index contributed by atoms with van der Waals surface area (Å²) in [6.07, 6.45) is 1.83. The van der Waals surface area contributed by atoms with Gasteiger partial charge in [0.25, 0.3) is 0 Å². The molecule has 0 amide bonds. The number of nitrogens with two attached hydrogens (primary N) is 1. The molecule has 0 spiro atoms. The summed E-state index contributed by atoms with van der Waals surface area (Å²) in [7, 11) is 0. The molecule has 3 nitrogen and oxygen atoms in total. The van der Waals surface area contributed by atoms with Crippen LogP contribution in [-0.2, 0) is 12.8 Å². The van der Waals surface area contributed by atoms with E-state index in [-0.39, 0.29) is 6.04 Å². The topological polar surface area (TPSA) is 43.8 Å². The van der Waals surface area contributed by atoms with Crippen molar-refractivity contribution in [3.8, 4) is 0 Å². The van der Waals surface area contributed by atoms with Crippen LogP contribution in [0.4, 0.5) is 0 Å². The number of aromatic nitrogens is 2. The quantitative estimate of drug-likeness (QED) is 0.779. The van der Waals surface area contributed by atoms with E-state index in [4.69, 9.17) is 10.7 Å². The van der Waals surface area contributed by atoms with Crippen molar-refractivity contribution in [1.29, 1.82) is 0 Å². The van der Waals surface area contributed by atoms with Crippen LogP contribution in [0.3, 0.4) is 0 Å². The van der Waals surface area contributed by atoms with Crippen molar-refractivity contribution >= 4 is 11.0 Å². The van der Waals surface area contributed by atoms with Crippen LogP contribution in [0.15, 0.2) is 48.5 Å². The van der Waals surface area contributed by atoms with E-state index < -0.39 is 0 Å². The van der Waals surface area contributed by atoms with Crippen molar-refractivity contribution in [2.24, 2.45) is 5.73 Å². The van der Waals surface area contributed by atoms with Crippen LogP contribution in [0, 0.1) is 0 Å². The van der Waals surface area contributed by atoms with Crippen molar-refractivity contribution in [2.75, 3.05) is 6.54 Å². The average Bonchev–Trinajstić information content (AvgIpc) is 2.92. The lowest BCUT2D eigenvalue weighted by atomic mass is 10.1. The molecule has 0 aliphatic rings. The first-order chi connectivity index (χ1) is 10.7. The predicted molar refractivity (Wildman–Crippen MR) is 92.1 cm³/mol. The fourth-order valence-electron chi connectivity index (χ4n) is 3.03. The van der Waals surface area contributed by atoms with E-state index in [2.05, 4.69) is 66.9 Å². The van der Waals surface area contributed by atoms with Gasteiger partial charge in [0.15, 0.2) is 0 Å². The number of benzene rings is 2. The zero-order valence-electron chi connectivity index (χ0n) is 13.3. The lowest BCUT2D eigenvalue weighted by molar-refractivity contribution is 0.617. The molecule has 2 N–H and O–H groups in total. The summed E-state index contributed by atoms with van der Waals surface area (Å²) in [5.41, 5.74) is 10.7. The van der Waals surface area contributed by atoms with Gasteiger partial charge in [0.05, 0.1) is 17.1 Å². The van der Waals surface area contributed by atoms with Gasteiger partial charge in [-0.2, -0.15) is 0 Å². The Morgan fingerprint density at radius 3 is 2.59 bits per heavy atom. The van der Waals surface area contributed by atoms with E-state index >= 15 is 0 Å². The molecule has 3 rings (SSSR count). The highest BCUT2D eigenvalue weighted by Gasteiger charge is 2.16. The van der Waals surface area contributed by atoms with Gasteiger partial charge in [-0.25, -0.2) is 4.98 Å². The minimum Gasteiger partial charge on any atom is -0.330 e. The van der Waals surface area contributed by atoms with Crippen LogP contribution in [0.25, 0.3) is 11.0 Å². The molecule has 0 aliphatic heterocycles. The smallest absolute Gasteiger partial charge is 0.111 e. The minimum absolute atomic E-state index is 0.250. The molecule has 114 valence electrons. The van der Waals surface area contributed by atoms with Gasteiger partial charge in [-0.1, -0.05) is 43.3 Å². The summed E-state index contributed by atoms with van der Waals surface area (Å²) < 4.78 is 2.33. The second-order valence-electron chi connectivity index (χ2n) is 5.70. The summed E-state index contributed by atoms with van der Waals surface area (Å²) in [5, 5.41) is 0. The first-order valence-corrected chi connectivity index (χ1v) is 7.99. The first kappa shape index (κ1) is 14.8. The highest BCUT2D eigenvalue weighted by Crippen LogP contribution is 2.27. The monoisotopic (exact) mass is 293 g/mol. The van der Waals surface area contributed by atoms with Crippen molar-refractivity contribution in [1.82, 2.24) is 9.55 Å². The molecule has 22 heavy (non-hydrogen) atoms. The number of hydrogen-bond acceptors (Lipinski definition) is 2. The van der Waals surface area contributed by atoms with Crippen molar-refractivity contribution in [3.05, 3.63) is 65.5 Å². The fourth-order valence-corrected chi connectivity index (χ4v) is 3.03. The molecule has 1 aromatic heterocycles. The molecule has 3 aromatic rings. The zero-order valence-corrected chi connectivity index (χ0v) is 13.3. The van der Waals surface area contributed by atoms with E-state index in [0.717, 1.165) is 24.2 Å². The molecular weight excluding hydrogens is 270 g/mol. The number of nitrogens with zero attached hydrogens (tertiary/aromatic N) is 2. The highest BCUT2D eigenvalue weighted by atomic mass is 15.1. The normalized spacial score (nSPS) is 12.7. The van der Waals surface area contributed by atoms with Gasteiger partial charge < -0.3 is 10.3 Å². The van der Waals surface area contributed by atoms with Gasteiger partial charge >= 0.3 is 0 Å². The lowest BCUT2D eigenvalue weighted by Crippen LogP contribution is -2.14. The zero-order chi connectivity index (χ0) is 15.5. The molecule has 1 atom stereocenters. The molecule has 0 bridgehead atoms. The van der Waals surface area contributed by atoms with Gasteiger partial charge in [-0.15, -0.1) is 0 Å². The summed E-state index contributed by atoms with van der Waals surface area (Å²) in [4.78, 5) is 4.84. The molecule has 0 saturated carbocycles. The highest BCUT2D eigenvalue weighted by molar-refractivity contribution is 5.77. The van der Waals surface area contributed by atoms with E-state index in [0.29, 0.717) is 6.54 Å². The van der Waals surface area contributed by atoms with Crippen LogP contribution >= 0.6 is 0 Å². The Kier molecular flexibility index (Phi) is 4.25. The van der Waals surface area contributed by atoms with E-state index in [1.54, 1.807) is 0 Å². The van der Waals surface area contributed by atoms with Crippen LogP contribution in [-0.4, -0.2) is 16.1 Å². The van der Waals surface area contributed by atoms with Crippen LogP contribution in [0.2, 0.25) is 0 Å². The van der Waals surface area contributed by atoms with E-state index in [1.165, 1.54) is 16.6 Å². The average molecular weight is 293 g/mol. The second-order valence-corrected chi connectivity index (χ2v) is 5.70.